The molecule has 1 fully saturated rings. The average Bonchev–Trinajstić information content (AvgIpc) is 2.89. The van der Waals surface area contributed by atoms with Crippen LogP contribution in [0.25, 0.3) is 0 Å². The lowest BCUT2D eigenvalue weighted by molar-refractivity contribution is -0.142. The molecule has 1 aliphatic heterocycles. The van der Waals surface area contributed by atoms with E-state index in [1.54, 1.807) is 22.0 Å². The number of furan rings is 1. The molecular weight excluding hydrogens is 382 g/mol. The molecular formula is C15H22BrN3O5. The summed E-state index contributed by atoms with van der Waals surface area (Å²) in [5.74, 6) is -0.727. The van der Waals surface area contributed by atoms with Crippen LogP contribution in [0.15, 0.2) is 21.2 Å². The van der Waals surface area contributed by atoms with Crippen molar-refractivity contribution >= 4 is 28.0 Å². The standard InChI is InChI=1S/C15H22BrN3O5/c1-15(2,3)24-14(22)18-6-8-19(9-7-18)17-12(13(20)21)10-4-5-11(16)23-10/h4-5,12,17H,6-9H2,1-3H3,(H,20,21). The molecule has 0 aromatic carbocycles. The fourth-order valence-corrected chi connectivity index (χ4v) is 2.57. The van der Waals surface area contributed by atoms with Crippen molar-refractivity contribution in [3.63, 3.8) is 0 Å². The highest BCUT2D eigenvalue weighted by Gasteiger charge is 2.30. The van der Waals surface area contributed by atoms with Crippen molar-refractivity contribution in [3.8, 4) is 0 Å². The zero-order valence-corrected chi connectivity index (χ0v) is 15.5. The molecule has 1 saturated heterocycles. The van der Waals surface area contributed by atoms with Crippen molar-refractivity contribution in [2.45, 2.75) is 32.4 Å². The lowest BCUT2D eigenvalue weighted by Gasteiger charge is -2.36. The number of nitrogens with one attached hydrogen (secondary N) is 1. The van der Waals surface area contributed by atoms with Crippen molar-refractivity contribution in [3.05, 3.63) is 22.6 Å². The second-order valence-corrected chi connectivity index (χ2v) is 7.28. The Morgan fingerprint density at radius 3 is 2.38 bits per heavy atom. The Morgan fingerprint density at radius 1 is 1.29 bits per heavy atom. The van der Waals surface area contributed by atoms with E-state index in [4.69, 9.17) is 9.15 Å². The Morgan fingerprint density at radius 2 is 1.92 bits per heavy atom. The number of carboxylic acid groups (broad SMARTS) is 1. The third-order valence-electron chi connectivity index (χ3n) is 3.37. The Labute approximate surface area is 148 Å². The number of carbonyl (C=O) groups is 2. The molecule has 1 aliphatic rings. The van der Waals surface area contributed by atoms with Crippen LogP contribution in [0.3, 0.4) is 0 Å². The van der Waals surface area contributed by atoms with Gasteiger partial charge in [-0.1, -0.05) is 0 Å². The SMILES string of the molecule is CC(C)(C)OC(=O)N1CCN(NC(C(=O)O)c2ccc(Br)o2)CC1. The number of hydrogen-bond donors (Lipinski definition) is 2. The number of aliphatic carboxylic acids is 1. The van der Waals surface area contributed by atoms with Crippen molar-refractivity contribution in [1.82, 2.24) is 15.3 Å². The first kappa shape index (κ1) is 18.8. The average molecular weight is 404 g/mol. The van der Waals surface area contributed by atoms with Gasteiger partial charge in [-0.05, 0) is 48.8 Å². The van der Waals surface area contributed by atoms with Crippen LogP contribution in [0, 0.1) is 0 Å². The van der Waals surface area contributed by atoms with Crippen LogP contribution in [-0.4, -0.2) is 58.9 Å². The second kappa shape index (κ2) is 7.54. The predicted molar refractivity (Wildman–Crippen MR) is 89.3 cm³/mol. The van der Waals surface area contributed by atoms with Gasteiger partial charge in [0.05, 0.1) is 0 Å². The fourth-order valence-electron chi connectivity index (χ4n) is 2.25. The Bertz CT molecular complexity index is 590. The van der Waals surface area contributed by atoms with E-state index >= 15 is 0 Å². The zero-order chi connectivity index (χ0) is 17.9. The molecule has 2 heterocycles. The van der Waals surface area contributed by atoms with E-state index in [1.165, 1.54) is 0 Å². The first-order valence-corrected chi connectivity index (χ1v) is 8.42. The molecule has 134 valence electrons. The van der Waals surface area contributed by atoms with Gasteiger partial charge >= 0.3 is 12.1 Å². The minimum absolute atomic E-state index is 0.309. The third kappa shape index (κ3) is 5.22. The van der Waals surface area contributed by atoms with E-state index in [-0.39, 0.29) is 6.09 Å². The van der Waals surface area contributed by atoms with Crippen LogP contribution in [0.5, 0.6) is 0 Å². The number of rotatable bonds is 4. The highest BCUT2D eigenvalue weighted by atomic mass is 79.9. The molecule has 8 nitrogen and oxygen atoms in total. The number of piperazine rings is 1. The van der Waals surface area contributed by atoms with Crippen molar-refractivity contribution in [2.24, 2.45) is 0 Å². The number of ether oxygens (including phenoxy) is 1. The van der Waals surface area contributed by atoms with Gasteiger partial charge < -0.3 is 19.2 Å². The predicted octanol–water partition coefficient (Wildman–Crippen LogP) is 2.23. The zero-order valence-electron chi connectivity index (χ0n) is 13.9. The molecule has 1 aromatic rings. The Hall–Kier alpha value is -1.58. The molecule has 0 saturated carbocycles. The Kier molecular flexibility index (Phi) is 5.89. The maximum absolute atomic E-state index is 12.0. The third-order valence-corrected chi connectivity index (χ3v) is 3.79. The first-order chi connectivity index (χ1) is 11.2. The van der Waals surface area contributed by atoms with Gasteiger partial charge in [0.25, 0.3) is 0 Å². The number of hydrazine groups is 1. The van der Waals surface area contributed by atoms with Gasteiger partial charge in [-0.2, -0.15) is 0 Å². The topological polar surface area (TPSA) is 95.2 Å². The molecule has 24 heavy (non-hydrogen) atoms. The van der Waals surface area contributed by atoms with Gasteiger partial charge in [-0.25, -0.2) is 20.0 Å². The van der Waals surface area contributed by atoms with E-state index in [9.17, 15) is 14.7 Å². The van der Waals surface area contributed by atoms with Gasteiger partial charge in [0.15, 0.2) is 10.7 Å². The number of carboxylic acids is 1. The molecule has 1 amide bonds. The lowest BCUT2D eigenvalue weighted by atomic mass is 10.2. The monoisotopic (exact) mass is 403 g/mol. The summed E-state index contributed by atoms with van der Waals surface area (Å²) >= 11 is 3.16. The van der Waals surface area contributed by atoms with Crippen LogP contribution in [-0.2, 0) is 9.53 Å². The Balaban J connectivity index is 1.89. The molecule has 1 aromatic heterocycles. The smallest absolute Gasteiger partial charge is 0.410 e. The van der Waals surface area contributed by atoms with E-state index in [0.717, 1.165) is 0 Å². The number of hydrogen-bond acceptors (Lipinski definition) is 6. The summed E-state index contributed by atoms with van der Waals surface area (Å²) in [6, 6.07) is 2.27. The second-order valence-electron chi connectivity index (χ2n) is 6.50. The molecule has 0 aliphatic carbocycles. The molecule has 1 unspecified atom stereocenters. The van der Waals surface area contributed by atoms with Gasteiger partial charge in [-0.3, -0.25) is 0 Å². The number of carbonyl (C=O) groups excluding carboxylic acids is 1. The van der Waals surface area contributed by atoms with E-state index in [2.05, 4.69) is 21.4 Å². The van der Waals surface area contributed by atoms with Gasteiger partial charge in [-0.15, -0.1) is 0 Å². The number of nitrogens with zero attached hydrogens (tertiary/aromatic N) is 2. The first-order valence-electron chi connectivity index (χ1n) is 7.63. The summed E-state index contributed by atoms with van der Waals surface area (Å²) in [7, 11) is 0. The molecule has 0 spiro atoms. The minimum Gasteiger partial charge on any atom is -0.480 e. The molecule has 0 radical (unpaired) electrons. The summed E-state index contributed by atoms with van der Waals surface area (Å²) in [6.07, 6.45) is -0.355. The van der Waals surface area contributed by atoms with Crippen molar-refractivity contribution in [2.75, 3.05) is 26.2 Å². The largest absolute Gasteiger partial charge is 0.480 e. The van der Waals surface area contributed by atoms with E-state index in [1.807, 2.05) is 20.8 Å². The fraction of sp³-hybridized carbons (Fsp3) is 0.600. The minimum atomic E-state index is -1.04. The highest BCUT2D eigenvalue weighted by molar-refractivity contribution is 9.10. The van der Waals surface area contributed by atoms with Crippen molar-refractivity contribution in [1.29, 1.82) is 0 Å². The quantitative estimate of drug-likeness (QED) is 0.795. The normalized spacial score (nSPS) is 17.6. The van der Waals surface area contributed by atoms with Crippen LogP contribution in [0.2, 0.25) is 0 Å². The molecule has 9 heteroatoms. The van der Waals surface area contributed by atoms with Crippen molar-refractivity contribution < 1.29 is 23.8 Å². The number of halogens is 1. The van der Waals surface area contributed by atoms with Crippen LogP contribution in [0.1, 0.15) is 32.6 Å². The molecule has 2 N–H and O–H groups in total. The summed E-state index contributed by atoms with van der Waals surface area (Å²) in [6.45, 7) is 7.35. The maximum atomic E-state index is 12.0. The van der Waals surface area contributed by atoms with Crippen LogP contribution >= 0.6 is 15.9 Å². The summed E-state index contributed by atoms with van der Waals surface area (Å²) in [4.78, 5) is 25.1. The number of amides is 1. The van der Waals surface area contributed by atoms with Gasteiger partial charge in [0.1, 0.15) is 11.4 Å². The van der Waals surface area contributed by atoms with Gasteiger partial charge in [0, 0.05) is 26.2 Å². The summed E-state index contributed by atoms with van der Waals surface area (Å²) in [5, 5.41) is 11.2. The van der Waals surface area contributed by atoms with E-state index < -0.39 is 17.6 Å². The maximum Gasteiger partial charge on any atom is 0.410 e. The molecule has 2 rings (SSSR count). The van der Waals surface area contributed by atoms with Gasteiger partial charge in [0.2, 0.25) is 0 Å². The molecule has 0 bridgehead atoms. The van der Waals surface area contributed by atoms with Crippen LogP contribution < -0.4 is 5.43 Å². The summed E-state index contributed by atoms with van der Waals surface area (Å²) < 4.78 is 11.1. The lowest BCUT2D eigenvalue weighted by Crippen LogP contribution is -2.55. The van der Waals surface area contributed by atoms with Crippen LogP contribution in [0.4, 0.5) is 4.79 Å². The molecule has 1 atom stereocenters. The van der Waals surface area contributed by atoms with E-state index in [0.29, 0.717) is 36.6 Å². The summed E-state index contributed by atoms with van der Waals surface area (Å²) in [5.41, 5.74) is 2.40. The highest BCUT2D eigenvalue weighted by Crippen LogP contribution is 2.21.